The van der Waals surface area contributed by atoms with Gasteiger partial charge in [0.05, 0.1) is 42.5 Å². The molecule has 0 aliphatic carbocycles. The van der Waals surface area contributed by atoms with E-state index >= 15 is 0 Å². The largest absolute Gasteiger partial charge is 0.493 e. The molecule has 10 heteroatoms. The van der Waals surface area contributed by atoms with Crippen LogP contribution in [0, 0.1) is 5.41 Å². The van der Waals surface area contributed by atoms with E-state index in [1.165, 1.54) is 38.3 Å². The van der Waals surface area contributed by atoms with Crippen molar-refractivity contribution in [1.82, 2.24) is 24.6 Å². The molecule has 1 amide bonds. The zero-order valence-electron chi connectivity index (χ0n) is 24.4. The summed E-state index contributed by atoms with van der Waals surface area (Å²) in [5.74, 6) is 1.10. The Balaban J connectivity index is 1.10. The van der Waals surface area contributed by atoms with Crippen LogP contribution in [-0.2, 0) is 6.54 Å². The van der Waals surface area contributed by atoms with Crippen LogP contribution >= 0.6 is 0 Å². The summed E-state index contributed by atoms with van der Waals surface area (Å²) < 4.78 is 13.3. The van der Waals surface area contributed by atoms with Crippen molar-refractivity contribution >= 4 is 22.7 Å². The van der Waals surface area contributed by atoms with E-state index in [0.717, 1.165) is 28.8 Å². The minimum atomic E-state index is -0.691. The van der Waals surface area contributed by atoms with E-state index in [2.05, 4.69) is 39.1 Å². The van der Waals surface area contributed by atoms with E-state index in [1.807, 2.05) is 54.6 Å². The minimum absolute atomic E-state index is 0.0349. The summed E-state index contributed by atoms with van der Waals surface area (Å²) in [5, 5.41) is 7.86. The van der Waals surface area contributed by atoms with Crippen molar-refractivity contribution in [3.8, 4) is 22.8 Å². The minimum Gasteiger partial charge on any atom is -0.493 e. The summed E-state index contributed by atoms with van der Waals surface area (Å²) in [4.78, 5) is 33.9. The zero-order valence-corrected chi connectivity index (χ0v) is 24.4. The molecule has 3 N–H and O–H groups in total. The number of anilines is 1. The number of aromatic nitrogens is 4. The van der Waals surface area contributed by atoms with Crippen molar-refractivity contribution in [2.75, 3.05) is 31.6 Å². The lowest BCUT2D eigenvalue weighted by atomic mass is 9.94. The number of carbonyl (C=O) groups excluding carboxylic acids is 1. The van der Waals surface area contributed by atoms with Gasteiger partial charge < -0.3 is 24.3 Å². The second-order valence-corrected chi connectivity index (χ2v) is 11.9. The number of hydrogen-bond acceptors (Lipinski definition) is 6. The fourth-order valence-corrected chi connectivity index (χ4v) is 5.48. The molecule has 6 rings (SSSR count). The number of likely N-dealkylation sites (tertiary alicyclic amines) is 1. The van der Waals surface area contributed by atoms with E-state index in [0.29, 0.717) is 35.8 Å². The Morgan fingerprint density at radius 2 is 1.86 bits per heavy atom. The van der Waals surface area contributed by atoms with Crippen LogP contribution in [0.2, 0.25) is 0 Å². The van der Waals surface area contributed by atoms with Crippen LogP contribution in [0.15, 0.2) is 84.0 Å². The first-order valence-corrected chi connectivity index (χ1v) is 14.6. The third-order valence-electron chi connectivity index (χ3n) is 7.52. The van der Waals surface area contributed by atoms with Crippen LogP contribution in [0.5, 0.6) is 11.5 Å². The molecule has 1 aliphatic heterocycles. The van der Waals surface area contributed by atoms with Gasteiger partial charge in [0.2, 0.25) is 0 Å². The summed E-state index contributed by atoms with van der Waals surface area (Å²) in [6.07, 6.45) is 6.43. The van der Waals surface area contributed by atoms with Gasteiger partial charge in [-0.1, -0.05) is 44.2 Å². The summed E-state index contributed by atoms with van der Waals surface area (Å²) >= 11 is 0. The van der Waals surface area contributed by atoms with E-state index in [1.54, 1.807) is 16.9 Å². The average molecular weight is 581 g/mol. The van der Waals surface area contributed by atoms with Crippen LogP contribution in [0.3, 0.4) is 0 Å². The first kappa shape index (κ1) is 28.3. The van der Waals surface area contributed by atoms with Gasteiger partial charge >= 0.3 is 6.09 Å². The number of nitrogens with zero attached hydrogens (tertiary/aromatic N) is 3. The number of carbonyl (C=O) groups is 1. The third-order valence-corrected chi connectivity index (χ3v) is 7.52. The maximum Gasteiger partial charge on any atom is 0.417 e. The quantitative estimate of drug-likeness (QED) is 0.190. The predicted octanol–water partition coefficient (Wildman–Crippen LogP) is 5.88. The molecule has 0 spiro atoms. The monoisotopic (exact) mass is 580 g/mol. The molecule has 10 nitrogen and oxygen atoms in total. The molecule has 0 radical (unpaired) electrons. The topological polar surface area (TPSA) is 117 Å². The van der Waals surface area contributed by atoms with Crippen molar-refractivity contribution in [3.05, 3.63) is 95.2 Å². The van der Waals surface area contributed by atoms with E-state index in [4.69, 9.17) is 9.47 Å². The molecule has 0 saturated carbocycles. The van der Waals surface area contributed by atoms with E-state index < -0.39 is 6.09 Å². The predicted molar refractivity (Wildman–Crippen MR) is 167 cm³/mol. The third kappa shape index (κ3) is 7.15. The number of hydrogen-bond donors (Lipinski definition) is 3. The molecule has 222 valence electrons. The number of aromatic amines is 2. The maximum absolute atomic E-state index is 12.7. The van der Waals surface area contributed by atoms with Gasteiger partial charge in [0.15, 0.2) is 5.75 Å². The number of ether oxygens (including phenoxy) is 2. The SMILES string of the molecule is CC(C)(COc1ccc2[nH]c(-c3cc(NC(=O)Oc4cnn(Cc5ccccc5)c4)c[nH]c3=O)cc2c1)CN1CCCC1. The van der Waals surface area contributed by atoms with Gasteiger partial charge in [0.1, 0.15) is 5.75 Å². The summed E-state index contributed by atoms with van der Waals surface area (Å²) in [6.45, 7) is 9.00. The van der Waals surface area contributed by atoms with Crippen LogP contribution in [0.25, 0.3) is 22.2 Å². The molecular formula is C33H36N6O4. The Hall–Kier alpha value is -4.83. The van der Waals surface area contributed by atoms with Gasteiger partial charge in [-0.25, -0.2) is 4.79 Å². The van der Waals surface area contributed by atoms with Crippen LogP contribution < -0.4 is 20.3 Å². The smallest absolute Gasteiger partial charge is 0.417 e. The maximum atomic E-state index is 12.7. The van der Waals surface area contributed by atoms with Gasteiger partial charge in [0, 0.05) is 29.1 Å². The van der Waals surface area contributed by atoms with Crippen molar-refractivity contribution < 1.29 is 14.3 Å². The van der Waals surface area contributed by atoms with E-state index in [9.17, 15) is 9.59 Å². The molecule has 1 fully saturated rings. The van der Waals surface area contributed by atoms with Gasteiger partial charge in [-0.3, -0.25) is 14.8 Å². The summed E-state index contributed by atoms with van der Waals surface area (Å²) in [6, 6.07) is 19.3. The fraction of sp³-hybridized carbons (Fsp3) is 0.303. The molecular weight excluding hydrogens is 544 g/mol. The lowest BCUT2D eigenvalue weighted by molar-refractivity contribution is 0.129. The molecule has 1 saturated heterocycles. The van der Waals surface area contributed by atoms with E-state index in [-0.39, 0.29) is 11.0 Å². The van der Waals surface area contributed by atoms with Gasteiger partial charge in [-0.05, 0) is 61.8 Å². The second-order valence-electron chi connectivity index (χ2n) is 11.9. The molecule has 0 bridgehead atoms. The number of rotatable bonds is 10. The fourth-order valence-electron chi connectivity index (χ4n) is 5.48. The molecule has 43 heavy (non-hydrogen) atoms. The highest BCUT2D eigenvalue weighted by molar-refractivity contribution is 5.89. The highest BCUT2D eigenvalue weighted by atomic mass is 16.6. The number of benzene rings is 2. The molecule has 1 aliphatic rings. The van der Waals surface area contributed by atoms with Gasteiger partial charge in [0.25, 0.3) is 5.56 Å². The lowest BCUT2D eigenvalue weighted by Crippen LogP contribution is -2.36. The summed E-state index contributed by atoms with van der Waals surface area (Å²) in [7, 11) is 0. The number of amides is 1. The molecule has 5 aromatic rings. The Labute approximate surface area is 249 Å². The average Bonchev–Trinajstić information content (AvgIpc) is 3.75. The Morgan fingerprint density at radius 3 is 2.67 bits per heavy atom. The Bertz CT molecular complexity index is 1770. The number of fused-ring (bicyclic) bond motifs is 1. The summed E-state index contributed by atoms with van der Waals surface area (Å²) in [5.41, 5.74) is 3.11. The van der Waals surface area contributed by atoms with Crippen molar-refractivity contribution in [2.24, 2.45) is 5.41 Å². The van der Waals surface area contributed by atoms with Crippen LogP contribution in [0.1, 0.15) is 32.3 Å². The molecule has 3 aromatic heterocycles. The first-order valence-electron chi connectivity index (χ1n) is 14.6. The molecule has 4 heterocycles. The molecule has 2 aromatic carbocycles. The Kier molecular flexibility index (Phi) is 8.02. The first-order chi connectivity index (χ1) is 20.8. The van der Waals surface area contributed by atoms with Gasteiger partial charge in [-0.2, -0.15) is 5.10 Å². The lowest BCUT2D eigenvalue weighted by Gasteiger charge is -2.29. The number of nitrogens with one attached hydrogen (secondary N) is 3. The second kappa shape index (κ2) is 12.2. The van der Waals surface area contributed by atoms with Crippen molar-refractivity contribution in [1.29, 1.82) is 0 Å². The highest BCUT2D eigenvalue weighted by Crippen LogP contribution is 2.28. The number of pyridine rings is 1. The normalized spacial score (nSPS) is 13.8. The number of H-pyrrole nitrogens is 2. The zero-order chi connectivity index (χ0) is 29.8. The van der Waals surface area contributed by atoms with Crippen LogP contribution in [0.4, 0.5) is 10.5 Å². The highest BCUT2D eigenvalue weighted by Gasteiger charge is 2.24. The molecule has 0 unspecified atom stereocenters. The molecule has 0 atom stereocenters. The standard InChI is InChI=1S/C33H36N6O4/c1-33(2,21-38-12-6-7-13-38)22-42-26-10-11-29-24(14-26)15-30(37-29)28-16-25(17-34-31(28)40)36-32(41)43-27-18-35-39(20-27)19-23-8-4-3-5-9-23/h3-5,8-11,14-18,20,37H,6-7,12-13,19,21-22H2,1-2H3,(H,34,40)(H,36,41). The van der Waals surface area contributed by atoms with Gasteiger partial charge in [-0.15, -0.1) is 0 Å². The van der Waals surface area contributed by atoms with Crippen LogP contribution in [-0.4, -0.2) is 57.0 Å². The Morgan fingerprint density at radius 1 is 1.05 bits per heavy atom. The van der Waals surface area contributed by atoms with Crippen molar-refractivity contribution in [3.63, 3.8) is 0 Å². The van der Waals surface area contributed by atoms with Crippen molar-refractivity contribution in [2.45, 2.75) is 33.2 Å².